The van der Waals surface area contributed by atoms with Crippen LogP contribution < -0.4 is 10.6 Å². The molecule has 4 nitrogen and oxygen atoms in total. The summed E-state index contributed by atoms with van der Waals surface area (Å²) in [4.78, 5) is 11.8. The lowest BCUT2D eigenvalue weighted by molar-refractivity contribution is 0.199. The van der Waals surface area contributed by atoms with Crippen molar-refractivity contribution in [3.8, 4) is 0 Å². The monoisotopic (exact) mass is 352 g/mol. The van der Waals surface area contributed by atoms with E-state index in [0.29, 0.717) is 15.8 Å². The number of carbonyl (C=O) groups excluding carboxylic acids is 1. The van der Waals surface area contributed by atoms with E-state index >= 15 is 0 Å². The second-order valence-electron chi connectivity index (χ2n) is 4.50. The molecule has 110 valence electrons. The number of aliphatic hydroxyl groups excluding tert-OH is 1. The molecule has 0 saturated carbocycles. The van der Waals surface area contributed by atoms with Crippen molar-refractivity contribution in [2.75, 3.05) is 10.6 Å². The Hall–Kier alpha value is -1.92. The van der Waals surface area contributed by atoms with Gasteiger partial charge in [0.2, 0.25) is 0 Å². The molecule has 6 heteroatoms. The van der Waals surface area contributed by atoms with Gasteiger partial charge in [-0.3, -0.25) is 0 Å². The van der Waals surface area contributed by atoms with E-state index in [-0.39, 0.29) is 0 Å². The van der Waals surface area contributed by atoms with E-state index in [1.54, 1.807) is 31.2 Å². The summed E-state index contributed by atoms with van der Waals surface area (Å²) in [5.41, 5.74) is 1.67. The fraction of sp³-hybridized carbons (Fsp3) is 0.133. The molecule has 0 bridgehead atoms. The van der Waals surface area contributed by atoms with Gasteiger partial charge in [-0.25, -0.2) is 9.18 Å². The molecule has 0 aliphatic rings. The van der Waals surface area contributed by atoms with Crippen molar-refractivity contribution in [1.82, 2.24) is 0 Å². The Balaban J connectivity index is 2.03. The highest BCUT2D eigenvalue weighted by atomic mass is 79.9. The van der Waals surface area contributed by atoms with Crippen LogP contribution in [0, 0.1) is 5.82 Å². The van der Waals surface area contributed by atoms with E-state index in [0.717, 1.165) is 5.56 Å². The van der Waals surface area contributed by atoms with Gasteiger partial charge in [-0.2, -0.15) is 0 Å². The average Bonchev–Trinajstić information content (AvgIpc) is 2.43. The fourth-order valence-corrected chi connectivity index (χ4v) is 2.07. The highest BCUT2D eigenvalue weighted by molar-refractivity contribution is 9.10. The third kappa shape index (κ3) is 4.27. The van der Waals surface area contributed by atoms with Gasteiger partial charge in [-0.15, -0.1) is 0 Å². The lowest BCUT2D eigenvalue weighted by Crippen LogP contribution is -2.19. The summed E-state index contributed by atoms with van der Waals surface area (Å²) in [5, 5.41) is 14.6. The average molecular weight is 353 g/mol. The van der Waals surface area contributed by atoms with Gasteiger partial charge in [0, 0.05) is 10.2 Å². The quantitative estimate of drug-likeness (QED) is 0.771. The molecular formula is C15H14BrFN2O2. The minimum absolute atomic E-state index is 0.341. The molecule has 0 aliphatic carbocycles. The Kier molecular flexibility index (Phi) is 4.93. The number of hydrogen-bond donors (Lipinski definition) is 3. The van der Waals surface area contributed by atoms with Crippen LogP contribution in [0.1, 0.15) is 18.6 Å². The first kappa shape index (κ1) is 15.5. The summed E-state index contributed by atoms with van der Waals surface area (Å²) in [6.07, 6.45) is -0.559. The van der Waals surface area contributed by atoms with Gasteiger partial charge in [0.05, 0.1) is 11.8 Å². The van der Waals surface area contributed by atoms with Crippen molar-refractivity contribution >= 4 is 33.3 Å². The molecular weight excluding hydrogens is 339 g/mol. The molecule has 1 unspecified atom stereocenters. The maximum Gasteiger partial charge on any atom is 0.323 e. The number of carbonyl (C=O) groups is 1. The molecule has 0 spiro atoms. The number of anilines is 2. The molecule has 0 radical (unpaired) electrons. The van der Waals surface area contributed by atoms with Gasteiger partial charge in [0.1, 0.15) is 5.82 Å². The fourth-order valence-electron chi connectivity index (χ4n) is 1.72. The van der Waals surface area contributed by atoms with E-state index in [4.69, 9.17) is 0 Å². The maximum atomic E-state index is 13.1. The summed E-state index contributed by atoms with van der Waals surface area (Å²) in [5.74, 6) is -0.435. The highest BCUT2D eigenvalue weighted by Crippen LogP contribution is 2.23. The van der Waals surface area contributed by atoms with Gasteiger partial charge in [0.15, 0.2) is 0 Å². The number of benzene rings is 2. The van der Waals surface area contributed by atoms with Crippen LogP contribution in [-0.2, 0) is 0 Å². The molecule has 21 heavy (non-hydrogen) atoms. The van der Waals surface area contributed by atoms with Gasteiger partial charge in [-0.1, -0.05) is 12.1 Å². The SMILES string of the molecule is CC(O)c1ccc(NC(=O)Nc2cc(F)ccc2Br)cc1. The standard InChI is InChI=1S/C15H14BrFN2O2/c1-9(20)10-2-5-12(6-3-10)18-15(21)19-14-8-11(17)4-7-13(14)16/h2-9,20H,1H3,(H2,18,19,21). The highest BCUT2D eigenvalue weighted by Gasteiger charge is 2.07. The first-order valence-electron chi connectivity index (χ1n) is 6.27. The van der Waals surface area contributed by atoms with Gasteiger partial charge >= 0.3 is 6.03 Å². The minimum atomic E-state index is -0.559. The number of aliphatic hydroxyl groups is 1. The number of halogens is 2. The van der Waals surface area contributed by atoms with Crippen LogP contribution in [0.4, 0.5) is 20.6 Å². The van der Waals surface area contributed by atoms with Gasteiger partial charge in [-0.05, 0) is 58.7 Å². The first-order chi connectivity index (χ1) is 9.95. The second-order valence-corrected chi connectivity index (χ2v) is 5.36. The molecule has 2 rings (SSSR count). The van der Waals surface area contributed by atoms with Gasteiger partial charge < -0.3 is 15.7 Å². The third-order valence-electron chi connectivity index (χ3n) is 2.83. The van der Waals surface area contributed by atoms with Crippen LogP contribution >= 0.6 is 15.9 Å². The zero-order valence-electron chi connectivity index (χ0n) is 11.2. The van der Waals surface area contributed by atoms with Crippen LogP contribution in [0.25, 0.3) is 0 Å². The molecule has 0 aromatic heterocycles. The molecule has 0 fully saturated rings. The van der Waals surface area contributed by atoms with E-state index in [1.165, 1.54) is 18.2 Å². The van der Waals surface area contributed by atoms with E-state index in [1.807, 2.05) is 0 Å². The van der Waals surface area contributed by atoms with Crippen LogP contribution in [0.3, 0.4) is 0 Å². The largest absolute Gasteiger partial charge is 0.389 e. The predicted molar refractivity (Wildman–Crippen MR) is 83.8 cm³/mol. The molecule has 2 aromatic rings. The number of rotatable bonds is 3. The molecule has 1 atom stereocenters. The van der Waals surface area contributed by atoms with Crippen molar-refractivity contribution in [3.05, 3.63) is 58.3 Å². The number of amides is 2. The van der Waals surface area contributed by atoms with Crippen LogP contribution in [0.15, 0.2) is 46.9 Å². The Morgan fingerprint density at radius 3 is 2.48 bits per heavy atom. The minimum Gasteiger partial charge on any atom is -0.389 e. The lowest BCUT2D eigenvalue weighted by atomic mass is 10.1. The Morgan fingerprint density at radius 2 is 1.86 bits per heavy atom. The predicted octanol–water partition coefficient (Wildman–Crippen LogP) is 4.29. The second kappa shape index (κ2) is 6.69. The number of hydrogen-bond acceptors (Lipinski definition) is 2. The zero-order valence-corrected chi connectivity index (χ0v) is 12.8. The summed E-state index contributed by atoms with van der Waals surface area (Å²) < 4.78 is 13.7. The molecule has 2 amide bonds. The van der Waals surface area contributed by atoms with Crippen molar-refractivity contribution in [2.45, 2.75) is 13.0 Å². The zero-order chi connectivity index (χ0) is 15.4. The Bertz CT molecular complexity index is 645. The topological polar surface area (TPSA) is 61.4 Å². The van der Waals surface area contributed by atoms with E-state index < -0.39 is 18.0 Å². The van der Waals surface area contributed by atoms with Crippen LogP contribution in [0.2, 0.25) is 0 Å². The third-order valence-corrected chi connectivity index (χ3v) is 3.52. The normalized spacial score (nSPS) is 11.8. The van der Waals surface area contributed by atoms with Crippen molar-refractivity contribution in [1.29, 1.82) is 0 Å². The number of nitrogens with one attached hydrogen (secondary N) is 2. The number of urea groups is 1. The molecule has 3 N–H and O–H groups in total. The summed E-state index contributed by atoms with van der Waals surface area (Å²) in [6, 6.07) is 10.4. The lowest BCUT2D eigenvalue weighted by Gasteiger charge is -2.10. The molecule has 2 aromatic carbocycles. The first-order valence-corrected chi connectivity index (χ1v) is 7.06. The summed E-state index contributed by atoms with van der Waals surface area (Å²) >= 11 is 3.23. The summed E-state index contributed by atoms with van der Waals surface area (Å²) in [6.45, 7) is 1.66. The van der Waals surface area contributed by atoms with Crippen molar-refractivity contribution in [2.24, 2.45) is 0 Å². The van der Waals surface area contributed by atoms with E-state index in [9.17, 15) is 14.3 Å². The molecule has 0 heterocycles. The van der Waals surface area contributed by atoms with E-state index in [2.05, 4.69) is 26.6 Å². The van der Waals surface area contributed by atoms with Gasteiger partial charge in [0.25, 0.3) is 0 Å². The maximum absolute atomic E-state index is 13.1. The Morgan fingerprint density at radius 1 is 1.19 bits per heavy atom. The van der Waals surface area contributed by atoms with Crippen molar-refractivity contribution in [3.63, 3.8) is 0 Å². The smallest absolute Gasteiger partial charge is 0.323 e. The molecule has 0 aliphatic heterocycles. The summed E-state index contributed by atoms with van der Waals surface area (Å²) in [7, 11) is 0. The Labute approximate surface area is 130 Å². The van der Waals surface area contributed by atoms with Crippen molar-refractivity contribution < 1.29 is 14.3 Å². The molecule has 0 saturated heterocycles. The van der Waals surface area contributed by atoms with Crippen LogP contribution in [-0.4, -0.2) is 11.1 Å². The van der Waals surface area contributed by atoms with Crippen LogP contribution in [0.5, 0.6) is 0 Å².